The smallest absolute Gasteiger partial charge is 0.245 e. The Morgan fingerprint density at radius 3 is 2.55 bits per heavy atom. The van der Waals surface area contributed by atoms with Crippen LogP contribution in [0.1, 0.15) is 25.8 Å². The number of sulfonamides is 1. The Hall–Kier alpha value is -1.11. The first-order chi connectivity index (χ1) is 9.36. The minimum absolute atomic E-state index is 0.103. The molecule has 20 heavy (non-hydrogen) atoms. The van der Waals surface area contributed by atoms with Crippen LogP contribution in [0.3, 0.4) is 0 Å². The number of nitrogens with zero attached hydrogens (tertiary/aromatic N) is 1. The van der Waals surface area contributed by atoms with E-state index in [1.54, 1.807) is 32.2 Å². The molecule has 0 saturated carbocycles. The van der Waals surface area contributed by atoms with E-state index in [0.29, 0.717) is 18.7 Å². The molecule has 0 fully saturated rings. The van der Waals surface area contributed by atoms with E-state index in [1.807, 2.05) is 13.8 Å². The molecule has 0 aliphatic heterocycles. The molecule has 1 rings (SSSR count). The lowest BCUT2D eigenvalue weighted by atomic mass is 10.2. The van der Waals surface area contributed by atoms with E-state index < -0.39 is 10.0 Å². The maximum atomic E-state index is 12.9. The van der Waals surface area contributed by atoms with Gasteiger partial charge in [-0.3, -0.25) is 0 Å². The number of ether oxygens (including phenoxy) is 1. The number of hydrogen-bond donors (Lipinski definition) is 1. The van der Waals surface area contributed by atoms with Gasteiger partial charge in [0, 0.05) is 19.7 Å². The number of benzene rings is 1. The average molecular weight is 300 g/mol. The molecule has 0 aliphatic rings. The fourth-order valence-corrected chi connectivity index (χ4v) is 4.12. The molecule has 0 saturated heterocycles. The highest BCUT2D eigenvalue weighted by molar-refractivity contribution is 7.89. The van der Waals surface area contributed by atoms with E-state index in [1.165, 1.54) is 4.31 Å². The molecule has 1 atom stereocenters. The molecule has 6 heteroatoms. The van der Waals surface area contributed by atoms with Crippen molar-refractivity contribution >= 4 is 15.7 Å². The zero-order chi connectivity index (χ0) is 15.3. The van der Waals surface area contributed by atoms with Gasteiger partial charge in [0.15, 0.2) is 0 Å². The Kier molecular flexibility index (Phi) is 5.98. The number of hydrogen-bond acceptors (Lipinski definition) is 4. The number of nitrogens with two attached hydrogens (primary N) is 1. The van der Waals surface area contributed by atoms with Gasteiger partial charge in [-0.05, 0) is 31.9 Å². The fourth-order valence-electron chi connectivity index (χ4n) is 2.11. The second-order valence-corrected chi connectivity index (χ2v) is 6.69. The van der Waals surface area contributed by atoms with Crippen molar-refractivity contribution in [1.29, 1.82) is 0 Å². The number of methoxy groups -OCH3 is 1. The molecular weight excluding hydrogens is 276 g/mol. The van der Waals surface area contributed by atoms with E-state index in [4.69, 9.17) is 10.5 Å². The molecule has 0 radical (unpaired) electrons. The normalized spacial score (nSPS) is 13.7. The third-order valence-electron chi connectivity index (χ3n) is 3.41. The molecule has 0 bridgehead atoms. The maximum absolute atomic E-state index is 12.9. The van der Waals surface area contributed by atoms with Gasteiger partial charge in [-0.15, -0.1) is 0 Å². The topological polar surface area (TPSA) is 72.6 Å². The van der Waals surface area contributed by atoms with Crippen LogP contribution in [0.15, 0.2) is 23.1 Å². The van der Waals surface area contributed by atoms with Crippen molar-refractivity contribution in [3.8, 4) is 0 Å². The zero-order valence-electron chi connectivity index (χ0n) is 12.6. The van der Waals surface area contributed by atoms with Crippen molar-refractivity contribution in [2.45, 2.75) is 38.1 Å². The third-order valence-corrected chi connectivity index (χ3v) is 5.64. The minimum atomic E-state index is -3.62. The van der Waals surface area contributed by atoms with Crippen LogP contribution in [-0.2, 0) is 14.8 Å². The summed E-state index contributed by atoms with van der Waals surface area (Å²) < 4.78 is 32.2. The molecule has 0 heterocycles. The SMILES string of the molecule is CCC(C)N(CCOC)S(=O)(=O)c1c(C)cccc1N. The minimum Gasteiger partial charge on any atom is -0.398 e. The molecule has 2 N–H and O–H groups in total. The summed E-state index contributed by atoms with van der Waals surface area (Å²) >= 11 is 0. The van der Waals surface area contributed by atoms with Crippen LogP contribution in [0, 0.1) is 6.92 Å². The first-order valence-electron chi connectivity index (χ1n) is 6.72. The van der Waals surface area contributed by atoms with Crippen LogP contribution < -0.4 is 5.73 Å². The van der Waals surface area contributed by atoms with Gasteiger partial charge in [-0.25, -0.2) is 8.42 Å². The second-order valence-electron chi connectivity index (χ2n) is 4.86. The van der Waals surface area contributed by atoms with E-state index in [-0.39, 0.29) is 16.6 Å². The van der Waals surface area contributed by atoms with Crippen molar-refractivity contribution in [2.24, 2.45) is 0 Å². The van der Waals surface area contributed by atoms with Crippen LogP contribution in [0.5, 0.6) is 0 Å². The summed E-state index contributed by atoms with van der Waals surface area (Å²) in [4.78, 5) is 0.205. The monoisotopic (exact) mass is 300 g/mol. The van der Waals surface area contributed by atoms with Gasteiger partial charge in [-0.2, -0.15) is 4.31 Å². The maximum Gasteiger partial charge on any atom is 0.245 e. The van der Waals surface area contributed by atoms with E-state index >= 15 is 0 Å². The van der Waals surface area contributed by atoms with Gasteiger partial charge in [0.2, 0.25) is 10.0 Å². The summed E-state index contributed by atoms with van der Waals surface area (Å²) in [6.07, 6.45) is 0.731. The van der Waals surface area contributed by atoms with E-state index in [0.717, 1.165) is 6.42 Å². The van der Waals surface area contributed by atoms with Crippen molar-refractivity contribution in [1.82, 2.24) is 4.31 Å². The van der Waals surface area contributed by atoms with Crippen LogP contribution in [0.25, 0.3) is 0 Å². The van der Waals surface area contributed by atoms with Gasteiger partial charge in [0.1, 0.15) is 4.90 Å². The number of anilines is 1. The van der Waals surface area contributed by atoms with Gasteiger partial charge in [0.05, 0.1) is 12.3 Å². The predicted octanol–water partition coefficient (Wildman–Crippen LogP) is 2.01. The van der Waals surface area contributed by atoms with Crippen LogP contribution in [0.2, 0.25) is 0 Å². The highest BCUT2D eigenvalue weighted by Gasteiger charge is 2.30. The van der Waals surface area contributed by atoms with E-state index in [9.17, 15) is 8.42 Å². The largest absolute Gasteiger partial charge is 0.398 e. The average Bonchev–Trinajstić information content (AvgIpc) is 2.38. The Bertz CT molecular complexity index is 523. The summed E-state index contributed by atoms with van der Waals surface area (Å²) in [6.45, 7) is 6.29. The second kappa shape index (κ2) is 7.06. The number of rotatable bonds is 7. The summed E-state index contributed by atoms with van der Waals surface area (Å²) in [6, 6.07) is 5.03. The molecule has 5 nitrogen and oxygen atoms in total. The van der Waals surface area contributed by atoms with Crippen LogP contribution in [-0.4, -0.2) is 39.0 Å². The highest BCUT2D eigenvalue weighted by Crippen LogP contribution is 2.27. The quantitative estimate of drug-likeness (QED) is 0.782. The molecule has 1 aromatic carbocycles. The number of aryl methyl sites for hydroxylation is 1. The molecule has 0 aromatic heterocycles. The lowest BCUT2D eigenvalue weighted by Crippen LogP contribution is -2.41. The van der Waals surface area contributed by atoms with Gasteiger partial charge in [-0.1, -0.05) is 19.1 Å². The summed E-state index contributed by atoms with van der Waals surface area (Å²) in [7, 11) is -2.06. The Balaban J connectivity index is 3.29. The summed E-state index contributed by atoms with van der Waals surface area (Å²) in [5.41, 5.74) is 6.83. The van der Waals surface area contributed by atoms with Gasteiger partial charge in [0.25, 0.3) is 0 Å². The molecule has 0 aliphatic carbocycles. The molecule has 0 amide bonds. The highest BCUT2D eigenvalue weighted by atomic mass is 32.2. The van der Waals surface area contributed by atoms with Crippen molar-refractivity contribution in [3.63, 3.8) is 0 Å². The van der Waals surface area contributed by atoms with Crippen LogP contribution >= 0.6 is 0 Å². The zero-order valence-corrected chi connectivity index (χ0v) is 13.4. The van der Waals surface area contributed by atoms with Crippen molar-refractivity contribution in [3.05, 3.63) is 23.8 Å². The summed E-state index contributed by atoms with van der Waals surface area (Å²) in [5.74, 6) is 0. The third kappa shape index (κ3) is 3.50. The van der Waals surface area contributed by atoms with Crippen molar-refractivity contribution in [2.75, 3.05) is 26.0 Å². The van der Waals surface area contributed by atoms with Gasteiger partial charge < -0.3 is 10.5 Å². The molecular formula is C14H24N2O3S. The molecule has 114 valence electrons. The van der Waals surface area contributed by atoms with E-state index in [2.05, 4.69) is 0 Å². The Morgan fingerprint density at radius 2 is 2.05 bits per heavy atom. The summed E-state index contributed by atoms with van der Waals surface area (Å²) in [5, 5.41) is 0. The predicted molar refractivity (Wildman–Crippen MR) is 81.1 cm³/mol. The number of nitrogen functional groups attached to an aromatic ring is 1. The lowest BCUT2D eigenvalue weighted by Gasteiger charge is -2.28. The standard InChI is InChI=1S/C14H24N2O3S/c1-5-12(3)16(9-10-19-4)20(17,18)14-11(2)7-6-8-13(14)15/h6-8,12H,5,9-10,15H2,1-4H3. The van der Waals surface area contributed by atoms with Crippen molar-refractivity contribution < 1.29 is 13.2 Å². The molecule has 1 unspecified atom stereocenters. The van der Waals surface area contributed by atoms with Gasteiger partial charge >= 0.3 is 0 Å². The first-order valence-corrected chi connectivity index (χ1v) is 8.16. The Labute approximate surface area is 121 Å². The Morgan fingerprint density at radius 1 is 1.40 bits per heavy atom. The fraction of sp³-hybridized carbons (Fsp3) is 0.571. The lowest BCUT2D eigenvalue weighted by molar-refractivity contribution is 0.167. The van der Waals surface area contributed by atoms with Crippen LogP contribution in [0.4, 0.5) is 5.69 Å². The first kappa shape index (κ1) is 16.9. The molecule has 0 spiro atoms. The molecule has 1 aromatic rings.